The summed E-state index contributed by atoms with van der Waals surface area (Å²) in [7, 11) is 0. The van der Waals surface area contributed by atoms with Gasteiger partial charge in [0.05, 0.1) is 0 Å². The minimum absolute atomic E-state index is 0.129. The minimum Gasteiger partial charge on any atom is -0.267 e. The molecule has 3 nitrogen and oxygen atoms in total. The van der Waals surface area contributed by atoms with Gasteiger partial charge in [-0.1, -0.05) is 31.5 Å². The van der Waals surface area contributed by atoms with Gasteiger partial charge in [-0.3, -0.25) is 4.79 Å². The molecular formula is C14H18N2O. The maximum absolute atomic E-state index is 11.8. The van der Waals surface area contributed by atoms with E-state index in [1.165, 1.54) is 19.3 Å². The second-order valence-corrected chi connectivity index (χ2v) is 4.56. The molecule has 0 saturated heterocycles. The molecule has 1 aliphatic carbocycles. The molecule has 0 radical (unpaired) electrons. The van der Waals surface area contributed by atoms with Gasteiger partial charge in [0.2, 0.25) is 0 Å². The molecule has 0 heterocycles. The lowest BCUT2D eigenvalue weighted by Crippen LogP contribution is -2.24. The average Bonchev–Trinajstić information content (AvgIpc) is 2.38. The Bertz CT molecular complexity index is 411. The van der Waals surface area contributed by atoms with E-state index in [0.29, 0.717) is 11.5 Å². The van der Waals surface area contributed by atoms with E-state index in [1.54, 1.807) is 12.1 Å². The van der Waals surface area contributed by atoms with Gasteiger partial charge in [0, 0.05) is 11.3 Å². The second-order valence-electron chi connectivity index (χ2n) is 4.56. The Morgan fingerprint density at radius 2 is 2.06 bits per heavy atom. The van der Waals surface area contributed by atoms with Crippen LogP contribution >= 0.6 is 0 Å². The number of rotatable bonds is 2. The predicted octanol–water partition coefficient (Wildman–Crippen LogP) is 2.98. The molecule has 1 amide bonds. The van der Waals surface area contributed by atoms with Gasteiger partial charge in [0.15, 0.2) is 0 Å². The highest BCUT2D eigenvalue weighted by molar-refractivity contribution is 5.95. The minimum atomic E-state index is -0.129. The van der Waals surface area contributed by atoms with Crippen molar-refractivity contribution in [3.05, 3.63) is 35.9 Å². The lowest BCUT2D eigenvalue weighted by Gasteiger charge is -2.19. The van der Waals surface area contributed by atoms with Crippen molar-refractivity contribution in [1.82, 2.24) is 5.43 Å². The van der Waals surface area contributed by atoms with Gasteiger partial charge in [0.25, 0.3) is 5.91 Å². The molecule has 1 saturated carbocycles. The molecule has 1 aliphatic rings. The van der Waals surface area contributed by atoms with Crippen molar-refractivity contribution >= 4 is 11.6 Å². The summed E-state index contributed by atoms with van der Waals surface area (Å²) in [6.07, 6.45) is 4.65. The van der Waals surface area contributed by atoms with Crippen LogP contribution in [0.1, 0.15) is 43.0 Å². The molecule has 1 unspecified atom stereocenters. The highest BCUT2D eigenvalue weighted by atomic mass is 16.2. The highest BCUT2D eigenvalue weighted by Crippen LogP contribution is 2.20. The van der Waals surface area contributed by atoms with Gasteiger partial charge in [-0.15, -0.1) is 0 Å². The Balaban J connectivity index is 1.97. The fourth-order valence-corrected chi connectivity index (χ4v) is 2.11. The van der Waals surface area contributed by atoms with Crippen LogP contribution in [-0.4, -0.2) is 11.6 Å². The lowest BCUT2D eigenvalue weighted by molar-refractivity contribution is 0.0954. The van der Waals surface area contributed by atoms with Gasteiger partial charge < -0.3 is 0 Å². The fraction of sp³-hybridized carbons (Fsp3) is 0.429. The third kappa shape index (κ3) is 3.16. The molecular weight excluding hydrogens is 212 g/mol. The van der Waals surface area contributed by atoms with Gasteiger partial charge in [-0.2, -0.15) is 5.10 Å². The summed E-state index contributed by atoms with van der Waals surface area (Å²) in [5.41, 5.74) is 4.43. The third-order valence-corrected chi connectivity index (χ3v) is 3.23. The van der Waals surface area contributed by atoms with Crippen LogP contribution in [0.3, 0.4) is 0 Å². The number of carbonyl (C=O) groups excluding carboxylic acids is 1. The van der Waals surface area contributed by atoms with Crippen molar-refractivity contribution in [3.63, 3.8) is 0 Å². The molecule has 1 fully saturated rings. The van der Waals surface area contributed by atoms with E-state index in [9.17, 15) is 4.79 Å². The van der Waals surface area contributed by atoms with E-state index in [4.69, 9.17) is 0 Å². The Hall–Kier alpha value is -1.64. The highest BCUT2D eigenvalue weighted by Gasteiger charge is 2.16. The number of carbonyl (C=O) groups is 1. The maximum atomic E-state index is 11.8. The molecule has 0 aliphatic heterocycles. The number of hydrazone groups is 1. The van der Waals surface area contributed by atoms with E-state index < -0.39 is 0 Å². The molecule has 2 rings (SSSR count). The van der Waals surface area contributed by atoms with Gasteiger partial charge in [-0.25, -0.2) is 5.43 Å². The van der Waals surface area contributed by atoms with Crippen molar-refractivity contribution in [2.45, 2.75) is 32.6 Å². The number of benzene rings is 1. The molecule has 0 aromatic heterocycles. The van der Waals surface area contributed by atoms with Crippen LogP contribution in [0, 0.1) is 5.92 Å². The summed E-state index contributed by atoms with van der Waals surface area (Å²) < 4.78 is 0. The zero-order valence-corrected chi connectivity index (χ0v) is 10.1. The average molecular weight is 230 g/mol. The predicted molar refractivity (Wildman–Crippen MR) is 69.0 cm³/mol. The molecule has 1 N–H and O–H groups in total. The van der Waals surface area contributed by atoms with Crippen molar-refractivity contribution in [2.75, 3.05) is 0 Å². The SMILES string of the molecule is CC1CCCC/C1=N\NC(=O)c1ccccc1. The Labute approximate surface area is 102 Å². The number of hydrogen-bond donors (Lipinski definition) is 1. The fourth-order valence-electron chi connectivity index (χ4n) is 2.11. The number of amides is 1. The van der Waals surface area contributed by atoms with E-state index in [0.717, 1.165) is 12.1 Å². The Morgan fingerprint density at radius 3 is 2.76 bits per heavy atom. The molecule has 1 atom stereocenters. The molecule has 1 aromatic rings. The van der Waals surface area contributed by atoms with Gasteiger partial charge in [0.1, 0.15) is 0 Å². The third-order valence-electron chi connectivity index (χ3n) is 3.23. The Morgan fingerprint density at radius 1 is 1.29 bits per heavy atom. The first-order valence-electron chi connectivity index (χ1n) is 6.19. The first-order chi connectivity index (χ1) is 8.27. The van der Waals surface area contributed by atoms with E-state index in [2.05, 4.69) is 17.5 Å². The first-order valence-corrected chi connectivity index (χ1v) is 6.19. The summed E-state index contributed by atoms with van der Waals surface area (Å²) in [6, 6.07) is 9.18. The quantitative estimate of drug-likeness (QED) is 0.780. The summed E-state index contributed by atoms with van der Waals surface area (Å²) in [5.74, 6) is 0.371. The van der Waals surface area contributed by atoms with Gasteiger partial charge >= 0.3 is 0 Å². The van der Waals surface area contributed by atoms with Gasteiger partial charge in [-0.05, 0) is 37.3 Å². The number of nitrogens with zero attached hydrogens (tertiary/aromatic N) is 1. The molecule has 1 aromatic carbocycles. The molecule has 0 bridgehead atoms. The van der Waals surface area contributed by atoms with Crippen molar-refractivity contribution in [1.29, 1.82) is 0 Å². The largest absolute Gasteiger partial charge is 0.271 e. The van der Waals surface area contributed by atoms with Crippen LogP contribution in [0.4, 0.5) is 0 Å². The smallest absolute Gasteiger partial charge is 0.267 e. The van der Waals surface area contributed by atoms with Crippen LogP contribution in [0.25, 0.3) is 0 Å². The zero-order chi connectivity index (χ0) is 12.1. The number of hydrogen-bond acceptors (Lipinski definition) is 2. The standard InChI is InChI=1S/C14H18N2O/c1-11-7-5-6-10-13(11)15-16-14(17)12-8-3-2-4-9-12/h2-4,8-9,11H,5-7,10H2,1H3,(H,16,17)/b15-13+. The van der Waals surface area contributed by atoms with E-state index in [-0.39, 0.29) is 5.91 Å². The second kappa shape index (κ2) is 5.62. The summed E-state index contributed by atoms with van der Waals surface area (Å²) in [5, 5.41) is 4.26. The van der Waals surface area contributed by atoms with Crippen molar-refractivity contribution < 1.29 is 4.79 Å². The van der Waals surface area contributed by atoms with Crippen molar-refractivity contribution in [2.24, 2.45) is 11.0 Å². The van der Waals surface area contributed by atoms with Crippen molar-refractivity contribution in [3.8, 4) is 0 Å². The van der Waals surface area contributed by atoms with Crippen LogP contribution in [0.5, 0.6) is 0 Å². The first kappa shape index (κ1) is 11.8. The van der Waals surface area contributed by atoms with Crippen LogP contribution in [0.2, 0.25) is 0 Å². The normalized spacial score (nSPS) is 22.4. The van der Waals surface area contributed by atoms with E-state index >= 15 is 0 Å². The molecule has 3 heteroatoms. The zero-order valence-electron chi connectivity index (χ0n) is 10.1. The summed E-state index contributed by atoms with van der Waals surface area (Å²) in [6.45, 7) is 2.17. The topological polar surface area (TPSA) is 41.5 Å². The molecule has 0 spiro atoms. The number of nitrogens with one attached hydrogen (secondary N) is 1. The monoisotopic (exact) mass is 230 g/mol. The Kier molecular flexibility index (Phi) is 3.91. The van der Waals surface area contributed by atoms with E-state index in [1.807, 2.05) is 18.2 Å². The van der Waals surface area contributed by atoms with Crippen LogP contribution in [0.15, 0.2) is 35.4 Å². The lowest BCUT2D eigenvalue weighted by atomic mass is 9.89. The van der Waals surface area contributed by atoms with Crippen LogP contribution in [-0.2, 0) is 0 Å². The molecule has 90 valence electrons. The summed E-state index contributed by atoms with van der Waals surface area (Å²) >= 11 is 0. The summed E-state index contributed by atoms with van der Waals surface area (Å²) in [4.78, 5) is 11.8. The van der Waals surface area contributed by atoms with Crippen LogP contribution < -0.4 is 5.43 Å². The maximum Gasteiger partial charge on any atom is 0.271 e. The molecule has 17 heavy (non-hydrogen) atoms.